The first-order valence-electron chi connectivity index (χ1n) is 11.4. The van der Waals surface area contributed by atoms with Crippen LogP contribution in [-0.4, -0.2) is 60.9 Å². The molecule has 0 spiro atoms. The van der Waals surface area contributed by atoms with Gasteiger partial charge in [-0.05, 0) is 67.8 Å². The maximum absolute atomic E-state index is 13.3. The van der Waals surface area contributed by atoms with Gasteiger partial charge in [0.05, 0.1) is 23.4 Å². The highest BCUT2D eigenvalue weighted by atomic mass is 35.5. The molecular weight excluding hydrogens is 474 g/mol. The molecule has 2 aromatic carbocycles. The lowest BCUT2D eigenvalue weighted by molar-refractivity contribution is -0.118. The maximum atomic E-state index is 13.3. The Balaban J connectivity index is 1.43. The summed E-state index contributed by atoms with van der Waals surface area (Å²) in [5.41, 5.74) is 3.45. The number of amides is 1. The Kier molecular flexibility index (Phi) is 8.66. The average Bonchev–Trinajstić information content (AvgIpc) is 3.21. The van der Waals surface area contributed by atoms with E-state index in [1.807, 2.05) is 29.2 Å². The van der Waals surface area contributed by atoms with E-state index in [1.165, 1.54) is 11.1 Å². The van der Waals surface area contributed by atoms with E-state index in [0.29, 0.717) is 13.0 Å². The van der Waals surface area contributed by atoms with Crippen molar-refractivity contribution >= 4 is 56.0 Å². The van der Waals surface area contributed by atoms with Crippen molar-refractivity contribution in [2.24, 2.45) is 0 Å². The molecule has 1 aliphatic heterocycles. The Bertz CT molecular complexity index is 1040. The van der Waals surface area contributed by atoms with E-state index >= 15 is 0 Å². The third kappa shape index (κ3) is 6.70. The molecule has 0 unspecified atom stereocenters. The Hall–Kier alpha value is -1.64. The summed E-state index contributed by atoms with van der Waals surface area (Å²) in [6.07, 6.45) is 1.39. The van der Waals surface area contributed by atoms with Gasteiger partial charge in [0.1, 0.15) is 0 Å². The van der Waals surface area contributed by atoms with Gasteiger partial charge in [0, 0.05) is 48.3 Å². The van der Waals surface area contributed by atoms with Crippen LogP contribution in [-0.2, 0) is 9.53 Å². The monoisotopic (exact) mass is 503 g/mol. The summed E-state index contributed by atoms with van der Waals surface area (Å²) >= 11 is 9.27. The normalized spacial score (nSPS) is 14.6. The molecule has 8 heteroatoms. The minimum atomic E-state index is 0.131. The molecule has 0 bridgehead atoms. The topological polar surface area (TPSA) is 45.7 Å². The molecule has 3 aromatic rings. The van der Waals surface area contributed by atoms with Crippen molar-refractivity contribution in [3.63, 3.8) is 0 Å². The molecule has 0 radical (unpaired) electrons. The standard InChI is InChI=1S/C25H30ClN3O2S2/c1-18-16-22-23(17-19(18)2)33-25(27-22)29(10-3-9-28-11-13-31-14-12-28)24(30)8-15-32-21-6-4-20(26)5-7-21/h4-7,16-17H,3,8-15H2,1-2H3. The highest BCUT2D eigenvalue weighted by molar-refractivity contribution is 7.99. The lowest BCUT2D eigenvalue weighted by Crippen LogP contribution is -2.39. The smallest absolute Gasteiger partial charge is 0.229 e. The fraction of sp³-hybridized carbons (Fsp3) is 0.440. The summed E-state index contributed by atoms with van der Waals surface area (Å²) in [5, 5.41) is 1.53. The molecule has 1 aliphatic rings. The number of thioether (sulfide) groups is 1. The molecule has 1 saturated heterocycles. The van der Waals surface area contributed by atoms with E-state index < -0.39 is 0 Å². The molecular formula is C25H30ClN3O2S2. The second kappa shape index (κ2) is 11.7. The van der Waals surface area contributed by atoms with Gasteiger partial charge in [-0.15, -0.1) is 11.8 Å². The third-order valence-corrected chi connectivity index (χ3v) is 8.19. The van der Waals surface area contributed by atoms with Gasteiger partial charge in [0.2, 0.25) is 5.91 Å². The number of carbonyl (C=O) groups is 1. The van der Waals surface area contributed by atoms with Crippen molar-refractivity contribution in [3.05, 3.63) is 52.5 Å². The van der Waals surface area contributed by atoms with Crippen molar-refractivity contribution in [2.75, 3.05) is 50.0 Å². The fourth-order valence-electron chi connectivity index (χ4n) is 3.81. The van der Waals surface area contributed by atoms with Crippen LogP contribution >= 0.6 is 34.7 Å². The van der Waals surface area contributed by atoms with Gasteiger partial charge < -0.3 is 4.74 Å². The number of aromatic nitrogens is 1. The van der Waals surface area contributed by atoms with Gasteiger partial charge in [0.25, 0.3) is 0 Å². The number of rotatable bonds is 9. The van der Waals surface area contributed by atoms with E-state index in [9.17, 15) is 4.79 Å². The molecule has 0 aliphatic carbocycles. The Morgan fingerprint density at radius 2 is 1.91 bits per heavy atom. The van der Waals surface area contributed by atoms with Crippen molar-refractivity contribution in [3.8, 4) is 0 Å². The van der Waals surface area contributed by atoms with Crippen molar-refractivity contribution in [2.45, 2.75) is 31.6 Å². The van der Waals surface area contributed by atoms with Crippen LogP contribution in [0, 0.1) is 13.8 Å². The number of aryl methyl sites for hydroxylation is 2. The van der Waals surface area contributed by atoms with Crippen molar-refractivity contribution in [1.29, 1.82) is 0 Å². The van der Waals surface area contributed by atoms with Crippen molar-refractivity contribution < 1.29 is 9.53 Å². The second-order valence-corrected chi connectivity index (χ2v) is 10.9. The number of fused-ring (bicyclic) bond motifs is 1. The Labute approximate surface area is 209 Å². The third-order valence-electron chi connectivity index (χ3n) is 5.88. The van der Waals surface area contributed by atoms with Crippen LogP contribution < -0.4 is 4.90 Å². The number of ether oxygens (including phenoxy) is 1. The number of hydrogen-bond acceptors (Lipinski definition) is 6. The zero-order valence-electron chi connectivity index (χ0n) is 19.2. The predicted octanol–water partition coefficient (Wildman–Crippen LogP) is 5.80. The minimum absolute atomic E-state index is 0.131. The van der Waals surface area contributed by atoms with Crippen LogP contribution in [0.3, 0.4) is 0 Å². The molecule has 1 aromatic heterocycles. The molecule has 4 rings (SSSR count). The first-order valence-corrected chi connectivity index (χ1v) is 13.5. The van der Waals surface area contributed by atoms with Crippen LogP contribution in [0.15, 0.2) is 41.3 Å². The summed E-state index contributed by atoms with van der Waals surface area (Å²) in [4.78, 5) is 23.6. The first kappa shape index (κ1) is 24.5. The molecule has 33 heavy (non-hydrogen) atoms. The maximum Gasteiger partial charge on any atom is 0.229 e. The average molecular weight is 504 g/mol. The van der Waals surface area contributed by atoms with Crippen LogP contribution in [0.5, 0.6) is 0 Å². The van der Waals surface area contributed by atoms with Gasteiger partial charge in [-0.25, -0.2) is 4.98 Å². The second-order valence-electron chi connectivity index (χ2n) is 8.31. The minimum Gasteiger partial charge on any atom is -0.379 e. The quantitative estimate of drug-likeness (QED) is 0.345. The van der Waals surface area contributed by atoms with E-state index in [4.69, 9.17) is 21.3 Å². The largest absolute Gasteiger partial charge is 0.379 e. The fourth-order valence-corrected chi connectivity index (χ4v) is 5.87. The lowest BCUT2D eigenvalue weighted by Gasteiger charge is -2.27. The van der Waals surface area contributed by atoms with Gasteiger partial charge in [-0.1, -0.05) is 22.9 Å². The number of nitrogens with zero attached hydrogens (tertiary/aromatic N) is 3. The number of carbonyl (C=O) groups excluding carboxylic acids is 1. The number of anilines is 1. The van der Waals surface area contributed by atoms with Gasteiger partial charge in [-0.2, -0.15) is 0 Å². The van der Waals surface area contributed by atoms with Crippen LogP contribution in [0.1, 0.15) is 24.0 Å². The zero-order chi connectivity index (χ0) is 23.2. The molecule has 5 nitrogen and oxygen atoms in total. The summed E-state index contributed by atoms with van der Waals surface area (Å²) < 4.78 is 6.58. The van der Waals surface area contributed by atoms with E-state index in [1.54, 1.807) is 23.1 Å². The first-order chi connectivity index (χ1) is 16.0. The summed E-state index contributed by atoms with van der Waals surface area (Å²) in [5.74, 6) is 0.856. The van der Waals surface area contributed by atoms with Crippen LogP contribution in [0.4, 0.5) is 5.13 Å². The van der Waals surface area contributed by atoms with E-state index in [2.05, 4.69) is 30.9 Å². The van der Waals surface area contributed by atoms with E-state index in [0.717, 1.165) is 70.3 Å². The molecule has 2 heterocycles. The SMILES string of the molecule is Cc1cc2nc(N(CCCN3CCOCC3)C(=O)CCSc3ccc(Cl)cc3)sc2cc1C. The van der Waals surface area contributed by atoms with Gasteiger partial charge >= 0.3 is 0 Å². The molecule has 0 N–H and O–H groups in total. The van der Waals surface area contributed by atoms with Crippen molar-refractivity contribution in [1.82, 2.24) is 9.88 Å². The molecule has 1 amide bonds. The molecule has 0 saturated carbocycles. The zero-order valence-corrected chi connectivity index (χ0v) is 21.6. The summed E-state index contributed by atoms with van der Waals surface area (Å²) in [7, 11) is 0. The summed E-state index contributed by atoms with van der Waals surface area (Å²) in [6, 6.07) is 12.1. The lowest BCUT2D eigenvalue weighted by atomic mass is 10.1. The number of thiazole rings is 1. The molecule has 0 atom stereocenters. The predicted molar refractivity (Wildman–Crippen MR) is 140 cm³/mol. The highest BCUT2D eigenvalue weighted by Gasteiger charge is 2.20. The van der Waals surface area contributed by atoms with Crippen LogP contribution in [0.25, 0.3) is 10.2 Å². The van der Waals surface area contributed by atoms with E-state index in [-0.39, 0.29) is 5.91 Å². The highest BCUT2D eigenvalue weighted by Crippen LogP contribution is 2.31. The number of hydrogen-bond donors (Lipinski definition) is 0. The van der Waals surface area contributed by atoms with Gasteiger partial charge in [-0.3, -0.25) is 14.6 Å². The molecule has 1 fully saturated rings. The Morgan fingerprint density at radius 1 is 1.18 bits per heavy atom. The number of benzene rings is 2. The number of morpholine rings is 1. The Morgan fingerprint density at radius 3 is 2.67 bits per heavy atom. The molecule has 176 valence electrons. The van der Waals surface area contributed by atoms with Crippen LogP contribution in [0.2, 0.25) is 5.02 Å². The van der Waals surface area contributed by atoms with Gasteiger partial charge in [0.15, 0.2) is 5.13 Å². The summed E-state index contributed by atoms with van der Waals surface area (Å²) in [6.45, 7) is 9.38. The number of halogens is 1.